The molecule has 3 heterocycles. The van der Waals surface area contributed by atoms with E-state index in [2.05, 4.69) is 67.5 Å². The van der Waals surface area contributed by atoms with Gasteiger partial charge in [0, 0.05) is 29.9 Å². The van der Waals surface area contributed by atoms with E-state index in [9.17, 15) is 0 Å². The predicted molar refractivity (Wildman–Crippen MR) is 138 cm³/mol. The van der Waals surface area contributed by atoms with Crippen molar-refractivity contribution in [3.63, 3.8) is 0 Å². The molecule has 0 amide bonds. The van der Waals surface area contributed by atoms with E-state index in [1.165, 1.54) is 66.9 Å². The average molecular weight is 455 g/mol. The first-order chi connectivity index (χ1) is 16.4. The van der Waals surface area contributed by atoms with Gasteiger partial charge in [0.15, 0.2) is 0 Å². The number of aromatic nitrogens is 1. The van der Waals surface area contributed by atoms with Crippen molar-refractivity contribution < 1.29 is 4.74 Å². The first-order valence-corrected chi connectivity index (χ1v) is 13.6. The normalized spacial score (nSPS) is 40.5. The predicted octanol–water partition coefficient (Wildman–Crippen LogP) is 6.84. The molecule has 5 aliphatic rings. The number of allylic oxidation sites excluding steroid dienone is 1. The Hall–Kier alpha value is -1.97. The highest BCUT2D eigenvalue weighted by atomic mass is 16.5. The lowest BCUT2D eigenvalue weighted by Crippen LogP contribution is -2.55. The van der Waals surface area contributed by atoms with Crippen LogP contribution in [0.15, 0.2) is 60.0 Å². The van der Waals surface area contributed by atoms with E-state index in [-0.39, 0.29) is 16.6 Å². The van der Waals surface area contributed by atoms with Gasteiger partial charge in [0.2, 0.25) is 0 Å². The number of benzene rings is 1. The summed E-state index contributed by atoms with van der Waals surface area (Å²) in [5.74, 6) is 1.19. The van der Waals surface area contributed by atoms with Crippen LogP contribution < -0.4 is 5.32 Å². The second-order valence-electron chi connectivity index (χ2n) is 12.5. The zero-order valence-corrected chi connectivity index (χ0v) is 20.9. The molecule has 1 saturated heterocycles. The van der Waals surface area contributed by atoms with Crippen LogP contribution in [0.2, 0.25) is 0 Å². The average Bonchev–Trinajstić information content (AvgIpc) is 3.33. The Bertz CT molecular complexity index is 1210. The molecule has 2 spiro atoms. The summed E-state index contributed by atoms with van der Waals surface area (Å²) in [4.78, 5) is 4.38. The van der Waals surface area contributed by atoms with Gasteiger partial charge in [-0.05, 0) is 103 Å². The molecule has 1 aromatic carbocycles. The van der Waals surface area contributed by atoms with Crippen LogP contribution in [-0.2, 0) is 4.74 Å². The van der Waals surface area contributed by atoms with Crippen LogP contribution in [0.4, 0.5) is 0 Å². The van der Waals surface area contributed by atoms with Crippen molar-refractivity contribution in [1.82, 2.24) is 10.3 Å². The molecule has 3 nitrogen and oxygen atoms in total. The molecule has 3 aliphatic carbocycles. The summed E-state index contributed by atoms with van der Waals surface area (Å²) < 4.78 is 7.44. The Balaban J connectivity index is 1.25. The van der Waals surface area contributed by atoms with E-state index in [1.54, 1.807) is 5.57 Å². The number of hydrogen-bond donors (Lipinski definition) is 1. The van der Waals surface area contributed by atoms with Crippen molar-refractivity contribution in [3.8, 4) is 0 Å². The number of rotatable bonds is 3. The third-order valence-electron chi connectivity index (χ3n) is 10.3. The molecule has 3 heteroatoms. The van der Waals surface area contributed by atoms with Gasteiger partial charge in [0.05, 0.1) is 11.2 Å². The maximum absolute atomic E-state index is 7.44. The van der Waals surface area contributed by atoms with Crippen LogP contribution >= 0.6 is 0 Å². The summed E-state index contributed by atoms with van der Waals surface area (Å²) in [6, 6.07) is 10.3. The van der Waals surface area contributed by atoms with Crippen molar-refractivity contribution in [2.24, 2.45) is 11.3 Å². The molecule has 7 rings (SSSR count). The standard InChI is InChI=1S/C31H38N2O/c1-20(2)33-26-7-6-24-17-25-10-12-29(3)27(22-5-4-21-11-15-32-19-23(21)16-22)8-9-28(29)31(25)14-13-30(24,18-26)34-31/h4-5,10-11,15-17,19-20,26-28,33H,6-9,12-14,18H2,1-3H3/t26-,27-,28-,29-,30-,31-/m1/s1. The van der Waals surface area contributed by atoms with Crippen LogP contribution in [0.25, 0.3) is 10.8 Å². The summed E-state index contributed by atoms with van der Waals surface area (Å²) in [5, 5.41) is 6.39. The number of pyridine rings is 1. The van der Waals surface area contributed by atoms with Crippen LogP contribution in [0, 0.1) is 11.3 Å². The largest absolute Gasteiger partial charge is 0.359 e. The number of nitrogens with one attached hydrogen (secondary N) is 1. The Morgan fingerprint density at radius 3 is 2.88 bits per heavy atom. The Labute approximate surface area is 204 Å². The summed E-state index contributed by atoms with van der Waals surface area (Å²) in [6.07, 6.45) is 18.8. The number of ether oxygens (including phenoxy) is 1. The molecule has 0 radical (unpaired) electrons. The number of nitrogens with zero attached hydrogens (tertiary/aromatic N) is 1. The minimum atomic E-state index is -0.0661. The maximum atomic E-state index is 7.44. The second kappa shape index (κ2) is 7.27. The molecule has 34 heavy (non-hydrogen) atoms. The number of fused-ring (bicyclic) bond motifs is 2. The fraction of sp³-hybridized carbons (Fsp3) is 0.581. The third kappa shape index (κ3) is 2.86. The van der Waals surface area contributed by atoms with Crippen LogP contribution in [-0.4, -0.2) is 28.3 Å². The van der Waals surface area contributed by atoms with Gasteiger partial charge in [-0.2, -0.15) is 0 Å². The molecule has 3 fully saturated rings. The second-order valence-corrected chi connectivity index (χ2v) is 12.5. The van der Waals surface area contributed by atoms with E-state index in [0.717, 1.165) is 6.42 Å². The SMILES string of the molecule is CC(C)N[C@@H]1CCC2=CC3=CC[C@]4(C)[C@@H](c5ccc6ccncc6c5)CC[C@H]4[C@@]34CC[C@]2(C1)O4. The monoisotopic (exact) mass is 454 g/mol. The van der Waals surface area contributed by atoms with Gasteiger partial charge in [-0.15, -0.1) is 0 Å². The van der Waals surface area contributed by atoms with Crippen molar-refractivity contribution >= 4 is 10.8 Å². The van der Waals surface area contributed by atoms with Gasteiger partial charge in [-0.1, -0.05) is 45.1 Å². The molecular weight excluding hydrogens is 416 g/mol. The maximum Gasteiger partial charge on any atom is 0.0974 e. The van der Waals surface area contributed by atoms with E-state index < -0.39 is 0 Å². The molecule has 2 saturated carbocycles. The van der Waals surface area contributed by atoms with Gasteiger partial charge >= 0.3 is 0 Å². The summed E-state index contributed by atoms with van der Waals surface area (Å²) >= 11 is 0. The Morgan fingerprint density at radius 1 is 1.09 bits per heavy atom. The fourth-order valence-corrected chi connectivity index (χ4v) is 8.89. The highest BCUT2D eigenvalue weighted by molar-refractivity contribution is 5.82. The summed E-state index contributed by atoms with van der Waals surface area (Å²) in [6.45, 7) is 7.12. The first-order valence-electron chi connectivity index (χ1n) is 13.6. The van der Waals surface area contributed by atoms with Gasteiger partial charge in [0.25, 0.3) is 0 Å². The molecule has 2 aromatic rings. The zero-order valence-electron chi connectivity index (χ0n) is 20.9. The van der Waals surface area contributed by atoms with Gasteiger partial charge in [-0.3, -0.25) is 4.98 Å². The summed E-state index contributed by atoms with van der Waals surface area (Å²) in [5.41, 5.74) is 4.78. The minimum absolute atomic E-state index is 0.0207. The molecular formula is C31H38N2O. The van der Waals surface area contributed by atoms with Crippen molar-refractivity contribution in [2.45, 2.75) is 101 Å². The van der Waals surface area contributed by atoms with Crippen molar-refractivity contribution in [2.75, 3.05) is 0 Å². The fourth-order valence-electron chi connectivity index (χ4n) is 8.89. The van der Waals surface area contributed by atoms with E-state index >= 15 is 0 Å². The van der Waals surface area contributed by atoms with E-state index in [4.69, 9.17) is 4.74 Å². The van der Waals surface area contributed by atoms with Crippen LogP contribution in [0.1, 0.15) is 83.6 Å². The van der Waals surface area contributed by atoms with E-state index in [1.807, 2.05) is 12.4 Å². The van der Waals surface area contributed by atoms with Gasteiger partial charge in [-0.25, -0.2) is 0 Å². The molecule has 2 aliphatic heterocycles. The van der Waals surface area contributed by atoms with Crippen molar-refractivity contribution in [3.05, 3.63) is 65.5 Å². The minimum Gasteiger partial charge on any atom is -0.359 e. The topological polar surface area (TPSA) is 34.2 Å². The van der Waals surface area contributed by atoms with Crippen LogP contribution in [0.5, 0.6) is 0 Å². The van der Waals surface area contributed by atoms with Crippen molar-refractivity contribution in [1.29, 1.82) is 0 Å². The first kappa shape index (κ1) is 21.3. The third-order valence-corrected chi connectivity index (χ3v) is 10.3. The molecule has 6 atom stereocenters. The Kier molecular flexibility index (Phi) is 4.56. The van der Waals surface area contributed by atoms with Gasteiger partial charge in [0.1, 0.15) is 0 Å². The Morgan fingerprint density at radius 2 is 2.00 bits per heavy atom. The number of hydrogen-bond acceptors (Lipinski definition) is 3. The highest BCUT2D eigenvalue weighted by Crippen LogP contribution is 2.69. The summed E-state index contributed by atoms with van der Waals surface area (Å²) in [7, 11) is 0. The van der Waals surface area contributed by atoms with Crippen LogP contribution in [0.3, 0.4) is 0 Å². The molecule has 178 valence electrons. The lowest BCUT2D eigenvalue weighted by Gasteiger charge is -2.54. The quantitative estimate of drug-likeness (QED) is 0.551. The van der Waals surface area contributed by atoms with Gasteiger partial charge < -0.3 is 10.1 Å². The smallest absolute Gasteiger partial charge is 0.0974 e. The molecule has 2 bridgehead atoms. The highest BCUT2D eigenvalue weighted by Gasteiger charge is 2.66. The lowest BCUT2D eigenvalue weighted by atomic mass is 9.58. The molecule has 0 unspecified atom stereocenters. The molecule has 1 aromatic heterocycles. The zero-order chi connectivity index (χ0) is 23.1. The molecule has 1 N–H and O–H groups in total. The lowest BCUT2D eigenvalue weighted by molar-refractivity contribution is -0.136. The van der Waals surface area contributed by atoms with E-state index in [0.29, 0.717) is 23.9 Å².